The Morgan fingerprint density at radius 2 is 2.00 bits per heavy atom. The Balaban J connectivity index is 1.95. The number of nitrogens with two attached hydrogens (primary N) is 1. The van der Waals surface area contributed by atoms with Crippen molar-refractivity contribution in [3.05, 3.63) is 47.3 Å². The van der Waals surface area contributed by atoms with E-state index in [0.29, 0.717) is 24.2 Å². The topological polar surface area (TPSA) is 67.1 Å². The first-order valence-corrected chi connectivity index (χ1v) is 6.78. The van der Waals surface area contributed by atoms with Gasteiger partial charge in [-0.3, -0.25) is 4.79 Å². The second kappa shape index (κ2) is 5.09. The van der Waals surface area contributed by atoms with E-state index in [9.17, 15) is 9.18 Å². The monoisotopic (exact) mass is 285 g/mol. The molecule has 0 spiro atoms. The molecule has 0 aromatic heterocycles. The minimum absolute atomic E-state index is 0.0104. The van der Waals surface area contributed by atoms with Gasteiger partial charge in [0, 0.05) is 17.8 Å². The summed E-state index contributed by atoms with van der Waals surface area (Å²) in [5.41, 5.74) is 10.7. The highest BCUT2D eigenvalue weighted by Crippen LogP contribution is 2.33. The summed E-state index contributed by atoms with van der Waals surface area (Å²) < 4.78 is 13.1. The van der Waals surface area contributed by atoms with Crippen LogP contribution >= 0.6 is 0 Å². The molecule has 0 saturated carbocycles. The summed E-state index contributed by atoms with van der Waals surface area (Å²) in [4.78, 5) is 11.5. The van der Waals surface area contributed by atoms with Crippen LogP contribution in [0.5, 0.6) is 0 Å². The van der Waals surface area contributed by atoms with Crippen molar-refractivity contribution in [3.63, 3.8) is 0 Å². The number of aryl methyl sites for hydroxylation is 2. The molecule has 4 N–H and O–H groups in total. The lowest BCUT2D eigenvalue weighted by atomic mass is 10.0. The van der Waals surface area contributed by atoms with Crippen molar-refractivity contribution in [2.75, 3.05) is 16.4 Å². The summed E-state index contributed by atoms with van der Waals surface area (Å²) in [7, 11) is 0. The number of carbonyl (C=O) groups excluding carboxylic acids is 1. The van der Waals surface area contributed by atoms with Crippen molar-refractivity contribution < 1.29 is 9.18 Å². The molecule has 0 bridgehead atoms. The van der Waals surface area contributed by atoms with Crippen molar-refractivity contribution >= 4 is 28.7 Å². The largest absolute Gasteiger partial charge is 0.397 e. The van der Waals surface area contributed by atoms with Crippen LogP contribution in [0, 0.1) is 12.7 Å². The van der Waals surface area contributed by atoms with E-state index in [1.54, 1.807) is 6.07 Å². The van der Waals surface area contributed by atoms with E-state index >= 15 is 0 Å². The highest BCUT2D eigenvalue weighted by atomic mass is 19.1. The van der Waals surface area contributed by atoms with Gasteiger partial charge in [-0.15, -0.1) is 0 Å². The summed E-state index contributed by atoms with van der Waals surface area (Å²) >= 11 is 0. The SMILES string of the molecule is Cc1cc(F)ccc1Nc1cc2c(cc1N)CCC(=O)N2. The van der Waals surface area contributed by atoms with E-state index < -0.39 is 0 Å². The zero-order valence-electron chi connectivity index (χ0n) is 11.7. The van der Waals surface area contributed by atoms with Crippen LogP contribution in [0.2, 0.25) is 0 Å². The molecule has 0 radical (unpaired) electrons. The smallest absolute Gasteiger partial charge is 0.224 e. The van der Waals surface area contributed by atoms with Gasteiger partial charge in [0.25, 0.3) is 0 Å². The maximum absolute atomic E-state index is 13.1. The van der Waals surface area contributed by atoms with Crippen LogP contribution in [0.15, 0.2) is 30.3 Å². The molecule has 108 valence electrons. The lowest BCUT2D eigenvalue weighted by Gasteiger charge is -2.20. The Bertz CT molecular complexity index is 728. The fraction of sp³-hybridized carbons (Fsp3) is 0.188. The normalized spacial score (nSPS) is 13.5. The van der Waals surface area contributed by atoms with Gasteiger partial charge in [0.2, 0.25) is 5.91 Å². The minimum Gasteiger partial charge on any atom is -0.397 e. The van der Waals surface area contributed by atoms with Gasteiger partial charge in [-0.2, -0.15) is 0 Å². The highest BCUT2D eigenvalue weighted by molar-refractivity contribution is 5.96. The van der Waals surface area contributed by atoms with Crippen molar-refractivity contribution in [2.24, 2.45) is 0 Å². The molecule has 1 aliphatic rings. The summed E-state index contributed by atoms with van der Waals surface area (Å²) in [6.07, 6.45) is 1.18. The molecule has 0 atom stereocenters. The van der Waals surface area contributed by atoms with Gasteiger partial charge < -0.3 is 16.4 Å². The molecule has 1 heterocycles. The quantitative estimate of drug-likeness (QED) is 0.741. The van der Waals surface area contributed by atoms with Crippen LogP contribution in [0.3, 0.4) is 0 Å². The van der Waals surface area contributed by atoms with E-state index in [-0.39, 0.29) is 11.7 Å². The number of fused-ring (bicyclic) bond motifs is 1. The number of hydrogen-bond donors (Lipinski definition) is 3. The molecule has 3 rings (SSSR count). The van der Waals surface area contributed by atoms with Crippen LogP contribution < -0.4 is 16.4 Å². The Labute approximate surface area is 122 Å². The Morgan fingerprint density at radius 3 is 2.76 bits per heavy atom. The first kappa shape index (κ1) is 13.4. The number of nitrogens with one attached hydrogen (secondary N) is 2. The van der Waals surface area contributed by atoms with Gasteiger partial charge in [-0.25, -0.2) is 4.39 Å². The summed E-state index contributed by atoms with van der Waals surface area (Å²) in [5, 5.41) is 6.03. The number of carbonyl (C=O) groups is 1. The van der Waals surface area contributed by atoms with Crippen LogP contribution in [0.1, 0.15) is 17.5 Å². The van der Waals surface area contributed by atoms with Crippen molar-refractivity contribution in [3.8, 4) is 0 Å². The van der Waals surface area contributed by atoms with Crippen LogP contribution in [-0.2, 0) is 11.2 Å². The average molecular weight is 285 g/mol. The lowest BCUT2D eigenvalue weighted by Crippen LogP contribution is -2.19. The summed E-state index contributed by atoms with van der Waals surface area (Å²) in [5.74, 6) is -0.264. The minimum atomic E-state index is -0.274. The number of benzene rings is 2. The van der Waals surface area contributed by atoms with E-state index in [2.05, 4.69) is 10.6 Å². The molecular weight excluding hydrogens is 269 g/mol. The molecule has 5 heteroatoms. The van der Waals surface area contributed by atoms with Gasteiger partial charge in [0.15, 0.2) is 0 Å². The van der Waals surface area contributed by atoms with Gasteiger partial charge in [0.1, 0.15) is 5.82 Å². The number of rotatable bonds is 2. The molecule has 0 aliphatic carbocycles. The lowest BCUT2D eigenvalue weighted by molar-refractivity contribution is -0.116. The fourth-order valence-electron chi connectivity index (χ4n) is 2.47. The van der Waals surface area contributed by atoms with Gasteiger partial charge in [0.05, 0.1) is 11.4 Å². The summed E-state index contributed by atoms with van der Waals surface area (Å²) in [6.45, 7) is 1.82. The van der Waals surface area contributed by atoms with Crippen molar-refractivity contribution in [1.29, 1.82) is 0 Å². The van der Waals surface area contributed by atoms with E-state index in [1.165, 1.54) is 12.1 Å². The predicted molar refractivity (Wildman–Crippen MR) is 82.2 cm³/mol. The molecule has 0 unspecified atom stereocenters. The zero-order chi connectivity index (χ0) is 15.0. The molecular formula is C16H16FN3O. The first-order chi connectivity index (χ1) is 10.0. The molecule has 21 heavy (non-hydrogen) atoms. The molecule has 2 aromatic rings. The molecule has 0 fully saturated rings. The van der Waals surface area contributed by atoms with Crippen molar-refractivity contribution in [2.45, 2.75) is 19.8 Å². The second-order valence-electron chi connectivity index (χ2n) is 5.23. The number of halogens is 1. The van der Waals surface area contributed by atoms with E-state index in [0.717, 1.165) is 22.5 Å². The number of amides is 1. The number of nitrogen functional groups attached to an aromatic ring is 1. The zero-order valence-corrected chi connectivity index (χ0v) is 11.7. The van der Waals surface area contributed by atoms with Gasteiger partial charge in [-0.05, 0) is 54.8 Å². The van der Waals surface area contributed by atoms with Crippen molar-refractivity contribution in [1.82, 2.24) is 0 Å². The molecule has 1 amide bonds. The maximum Gasteiger partial charge on any atom is 0.224 e. The third-order valence-corrected chi connectivity index (χ3v) is 3.63. The first-order valence-electron chi connectivity index (χ1n) is 6.78. The third kappa shape index (κ3) is 2.67. The standard InChI is InChI=1S/C16H16FN3O/c1-9-6-11(17)3-4-13(9)19-15-8-14-10(7-12(15)18)2-5-16(21)20-14/h3-4,6-8,19H,2,5,18H2,1H3,(H,20,21). The maximum atomic E-state index is 13.1. The Morgan fingerprint density at radius 1 is 1.19 bits per heavy atom. The molecule has 0 saturated heterocycles. The van der Waals surface area contributed by atoms with E-state index in [4.69, 9.17) is 5.73 Å². The van der Waals surface area contributed by atoms with E-state index in [1.807, 2.05) is 19.1 Å². The summed E-state index contributed by atoms with van der Waals surface area (Å²) in [6, 6.07) is 8.22. The fourth-order valence-corrected chi connectivity index (χ4v) is 2.47. The van der Waals surface area contributed by atoms with Gasteiger partial charge >= 0.3 is 0 Å². The average Bonchev–Trinajstić information content (AvgIpc) is 2.43. The Hall–Kier alpha value is -2.56. The molecule has 1 aliphatic heterocycles. The Kier molecular flexibility index (Phi) is 3.25. The number of anilines is 4. The third-order valence-electron chi connectivity index (χ3n) is 3.63. The van der Waals surface area contributed by atoms with Crippen LogP contribution in [0.4, 0.5) is 27.1 Å². The number of hydrogen-bond acceptors (Lipinski definition) is 3. The van der Waals surface area contributed by atoms with Gasteiger partial charge in [-0.1, -0.05) is 0 Å². The molecule has 4 nitrogen and oxygen atoms in total. The van der Waals surface area contributed by atoms with Crippen LogP contribution in [0.25, 0.3) is 0 Å². The van der Waals surface area contributed by atoms with Crippen LogP contribution in [-0.4, -0.2) is 5.91 Å². The molecule has 2 aromatic carbocycles. The predicted octanol–water partition coefficient (Wildman–Crippen LogP) is 3.34. The highest BCUT2D eigenvalue weighted by Gasteiger charge is 2.17. The second-order valence-corrected chi connectivity index (χ2v) is 5.23.